The molecule has 0 fully saturated rings. The first-order valence-electron chi connectivity index (χ1n) is 4.31. The van der Waals surface area contributed by atoms with Crippen molar-refractivity contribution in [3.05, 3.63) is 40.2 Å². The molecule has 1 heterocycles. The third-order valence-electron chi connectivity index (χ3n) is 2.07. The van der Waals surface area contributed by atoms with E-state index in [0.717, 1.165) is 0 Å². The van der Waals surface area contributed by atoms with Gasteiger partial charge in [-0.05, 0) is 12.1 Å². The molecule has 0 aliphatic carbocycles. The molecular weight excluding hydrogens is 196 g/mol. The predicted octanol–water partition coefficient (Wildman–Crippen LogP) is 1.61. The van der Waals surface area contributed by atoms with Crippen molar-refractivity contribution in [2.45, 2.75) is 0 Å². The van der Waals surface area contributed by atoms with Crippen molar-refractivity contribution in [3.8, 4) is 5.75 Å². The van der Waals surface area contributed by atoms with E-state index >= 15 is 0 Å². The molecule has 2 aromatic rings. The molecule has 4 heteroatoms. The van der Waals surface area contributed by atoms with Gasteiger partial charge in [0.05, 0.1) is 12.5 Å². The first-order chi connectivity index (χ1) is 7.24. The van der Waals surface area contributed by atoms with Crippen LogP contribution in [0, 0.1) is 0 Å². The van der Waals surface area contributed by atoms with E-state index in [2.05, 4.69) is 0 Å². The Morgan fingerprint density at radius 2 is 2.13 bits per heavy atom. The smallest absolute Gasteiger partial charge is 0.193 e. The summed E-state index contributed by atoms with van der Waals surface area (Å²) < 4.78 is 10.2. The highest BCUT2D eigenvalue weighted by atomic mass is 16.5. The topological polar surface area (TPSA) is 56.5 Å². The van der Waals surface area contributed by atoms with E-state index in [4.69, 9.17) is 9.15 Å². The fourth-order valence-corrected chi connectivity index (χ4v) is 1.34. The van der Waals surface area contributed by atoms with Gasteiger partial charge in [-0.2, -0.15) is 0 Å². The molecule has 0 aliphatic heterocycles. The lowest BCUT2D eigenvalue weighted by atomic mass is 10.2. The van der Waals surface area contributed by atoms with Gasteiger partial charge in [-0.3, -0.25) is 9.59 Å². The lowest BCUT2D eigenvalue weighted by Gasteiger charge is -2.01. The number of carbonyl (C=O) groups excluding carboxylic acids is 1. The maximum Gasteiger partial charge on any atom is 0.193 e. The number of hydrogen-bond donors (Lipinski definition) is 0. The van der Waals surface area contributed by atoms with Gasteiger partial charge in [0.15, 0.2) is 17.5 Å². The molecule has 0 radical (unpaired) electrons. The van der Waals surface area contributed by atoms with Crippen LogP contribution in [-0.2, 0) is 0 Å². The summed E-state index contributed by atoms with van der Waals surface area (Å²) in [6.07, 6.45) is 0.500. The number of rotatable bonds is 2. The van der Waals surface area contributed by atoms with Gasteiger partial charge in [0.1, 0.15) is 11.3 Å². The summed E-state index contributed by atoms with van der Waals surface area (Å²) in [6.45, 7) is 0. The van der Waals surface area contributed by atoms with Crippen LogP contribution in [0.1, 0.15) is 10.6 Å². The molecule has 4 nitrogen and oxygen atoms in total. The quantitative estimate of drug-likeness (QED) is 0.697. The summed E-state index contributed by atoms with van der Waals surface area (Å²) >= 11 is 0. The Balaban J connectivity index is 2.80. The van der Waals surface area contributed by atoms with Crippen molar-refractivity contribution in [1.29, 1.82) is 0 Å². The maximum absolute atomic E-state index is 11.5. The second kappa shape index (κ2) is 3.57. The summed E-state index contributed by atoms with van der Waals surface area (Å²) in [5.41, 5.74) is 0.116. The molecular formula is C11H8O4. The van der Waals surface area contributed by atoms with E-state index in [-0.39, 0.29) is 11.2 Å². The highest BCUT2D eigenvalue weighted by Gasteiger charge is 2.04. The highest BCUT2D eigenvalue weighted by molar-refractivity contribution is 5.81. The monoisotopic (exact) mass is 204 g/mol. The molecule has 0 N–H and O–H groups in total. The molecule has 0 aliphatic rings. The van der Waals surface area contributed by atoms with E-state index < -0.39 is 0 Å². The van der Waals surface area contributed by atoms with Crippen molar-refractivity contribution in [1.82, 2.24) is 0 Å². The van der Waals surface area contributed by atoms with Gasteiger partial charge >= 0.3 is 0 Å². The number of hydrogen-bond acceptors (Lipinski definition) is 4. The van der Waals surface area contributed by atoms with Crippen LogP contribution in [0.5, 0.6) is 5.75 Å². The third-order valence-corrected chi connectivity index (χ3v) is 2.07. The molecule has 0 amide bonds. The van der Waals surface area contributed by atoms with Crippen molar-refractivity contribution >= 4 is 17.3 Å². The molecule has 15 heavy (non-hydrogen) atoms. The number of fused-ring (bicyclic) bond motifs is 1. The Labute approximate surface area is 85.1 Å². The standard InChI is InChI=1S/C11H8O4/c1-14-7-2-3-9-10(13)4-8(6-12)15-11(9)5-7/h2-6H,1H3. The minimum Gasteiger partial charge on any atom is -0.497 e. The fourth-order valence-electron chi connectivity index (χ4n) is 1.34. The first-order valence-corrected chi connectivity index (χ1v) is 4.31. The highest BCUT2D eigenvalue weighted by Crippen LogP contribution is 2.18. The molecule has 0 spiro atoms. The molecule has 0 unspecified atom stereocenters. The lowest BCUT2D eigenvalue weighted by Crippen LogP contribution is -2.01. The van der Waals surface area contributed by atoms with Gasteiger partial charge < -0.3 is 9.15 Å². The zero-order valence-corrected chi connectivity index (χ0v) is 8.02. The van der Waals surface area contributed by atoms with Crippen LogP contribution in [0.15, 0.2) is 33.5 Å². The van der Waals surface area contributed by atoms with Crippen LogP contribution in [0.4, 0.5) is 0 Å². The summed E-state index contributed by atoms with van der Waals surface area (Å²) in [6, 6.07) is 6.01. The van der Waals surface area contributed by atoms with E-state index in [0.29, 0.717) is 23.0 Å². The van der Waals surface area contributed by atoms with E-state index in [9.17, 15) is 9.59 Å². The Bertz CT molecular complexity index is 568. The Kier molecular flexibility index (Phi) is 2.25. The number of ether oxygens (including phenoxy) is 1. The van der Waals surface area contributed by atoms with Crippen LogP contribution in [0.25, 0.3) is 11.0 Å². The van der Waals surface area contributed by atoms with E-state index in [1.807, 2.05) is 0 Å². The van der Waals surface area contributed by atoms with E-state index in [1.165, 1.54) is 13.2 Å². The van der Waals surface area contributed by atoms with Crippen molar-refractivity contribution in [2.24, 2.45) is 0 Å². The Hall–Kier alpha value is -2.10. The predicted molar refractivity (Wildman–Crippen MR) is 54.4 cm³/mol. The van der Waals surface area contributed by atoms with Gasteiger partial charge in [0, 0.05) is 12.1 Å². The van der Waals surface area contributed by atoms with Gasteiger partial charge in [-0.25, -0.2) is 0 Å². The molecule has 2 rings (SSSR count). The molecule has 0 saturated heterocycles. The molecule has 1 aromatic heterocycles. The van der Waals surface area contributed by atoms with Crippen LogP contribution in [0.2, 0.25) is 0 Å². The molecule has 76 valence electrons. The first kappa shape index (κ1) is 9.45. The van der Waals surface area contributed by atoms with Gasteiger partial charge in [0.2, 0.25) is 0 Å². The van der Waals surface area contributed by atoms with Crippen molar-refractivity contribution in [2.75, 3.05) is 7.11 Å². The van der Waals surface area contributed by atoms with Gasteiger partial charge in [0.25, 0.3) is 0 Å². The molecule has 0 atom stereocenters. The summed E-state index contributed by atoms with van der Waals surface area (Å²) in [4.78, 5) is 22.0. The normalized spacial score (nSPS) is 10.2. The van der Waals surface area contributed by atoms with Crippen molar-refractivity contribution < 1.29 is 13.9 Å². The van der Waals surface area contributed by atoms with Crippen LogP contribution >= 0.6 is 0 Å². The summed E-state index contributed by atoms with van der Waals surface area (Å²) in [5.74, 6) is 0.592. The lowest BCUT2D eigenvalue weighted by molar-refractivity contribution is 0.110. The largest absolute Gasteiger partial charge is 0.497 e. The number of methoxy groups -OCH3 is 1. The molecule has 0 bridgehead atoms. The second-order valence-corrected chi connectivity index (χ2v) is 2.99. The summed E-state index contributed by atoms with van der Waals surface area (Å²) in [7, 11) is 1.52. The number of carbonyl (C=O) groups is 1. The molecule has 1 aromatic carbocycles. The Morgan fingerprint density at radius 1 is 1.33 bits per heavy atom. The van der Waals surface area contributed by atoms with Crippen molar-refractivity contribution in [3.63, 3.8) is 0 Å². The van der Waals surface area contributed by atoms with Crippen LogP contribution in [0.3, 0.4) is 0 Å². The number of benzene rings is 1. The summed E-state index contributed by atoms with van der Waals surface area (Å²) in [5, 5.41) is 0.432. The van der Waals surface area contributed by atoms with Gasteiger partial charge in [-0.15, -0.1) is 0 Å². The average Bonchev–Trinajstić information content (AvgIpc) is 2.28. The third kappa shape index (κ3) is 1.61. The number of aldehydes is 1. The minimum absolute atomic E-state index is 0.0146. The SMILES string of the molecule is COc1ccc2c(=O)cc(C=O)oc2c1. The Morgan fingerprint density at radius 3 is 2.80 bits per heavy atom. The zero-order valence-electron chi connectivity index (χ0n) is 8.02. The van der Waals surface area contributed by atoms with E-state index in [1.54, 1.807) is 18.2 Å². The average molecular weight is 204 g/mol. The minimum atomic E-state index is -0.235. The zero-order chi connectivity index (χ0) is 10.8. The van der Waals surface area contributed by atoms with Gasteiger partial charge in [-0.1, -0.05) is 0 Å². The molecule has 0 saturated carbocycles. The van der Waals surface area contributed by atoms with Crippen LogP contribution in [-0.4, -0.2) is 13.4 Å². The van der Waals surface area contributed by atoms with Crippen LogP contribution < -0.4 is 10.2 Å². The second-order valence-electron chi connectivity index (χ2n) is 2.99. The maximum atomic E-state index is 11.5. The fraction of sp³-hybridized carbons (Fsp3) is 0.0909.